The van der Waals surface area contributed by atoms with Gasteiger partial charge in [-0.15, -0.1) is 0 Å². The normalized spacial score (nSPS) is 12.8. The van der Waals surface area contributed by atoms with Crippen molar-refractivity contribution in [2.45, 2.75) is 72.1 Å². The standard InChI is InChI=1S/C28H40N2O3/c1-6-22-9-11-26(27(20-22)33-28(3,4)5)32-17-13-29-21(2)18-23-8-10-25-24(19-23)12-15-30(25)14-7-16-31/h8-12,15,19-21,29,31H,6-7,13-14,16-18H2,1-5H3/t21-/m1/s1. The lowest BCUT2D eigenvalue weighted by Crippen LogP contribution is -2.32. The molecule has 0 saturated carbocycles. The number of aliphatic hydroxyl groups is 1. The van der Waals surface area contributed by atoms with E-state index in [1.165, 1.54) is 22.0 Å². The molecule has 3 rings (SSSR count). The highest BCUT2D eigenvalue weighted by molar-refractivity contribution is 5.80. The number of hydrogen-bond donors (Lipinski definition) is 2. The van der Waals surface area contributed by atoms with Gasteiger partial charge in [-0.25, -0.2) is 0 Å². The number of rotatable bonds is 12. The second kappa shape index (κ2) is 11.6. The lowest BCUT2D eigenvalue weighted by Gasteiger charge is -2.24. The Morgan fingerprint density at radius 1 is 1.03 bits per heavy atom. The number of nitrogens with zero attached hydrogens (tertiary/aromatic N) is 1. The zero-order valence-corrected chi connectivity index (χ0v) is 20.9. The third kappa shape index (κ3) is 7.51. The van der Waals surface area contributed by atoms with Crippen LogP contribution in [0.3, 0.4) is 0 Å². The molecule has 2 aromatic carbocycles. The second-order valence-corrected chi connectivity index (χ2v) is 9.74. The quantitative estimate of drug-likeness (QED) is 0.363. The molecular weight excluding hydrogens is 412 g/mol. The first-order valence-corrected chi connectivity index (χ1v) is 12.2. The predicted molar refractivity (Wildman–Crippen MR) is 137 cm³/mol. The summed E-state index contributed by atoms with van der Waals surface area (Å²) in [4.78, 5) is 0. The molecule has 0 radical (unpaired) electrons. The van der Waals surface area contributed by atoms with Crippen LogP contribution < -0.4 is 14.8 Å². The van der Waals surface area contributed by atoms with Crippen LogP contribution in [-0.2, 0) is 19.4 Å². The van der Waals surface area contributed by atoms with Crippen LogP contribution in [0.1, 0.15) is 52.2 Å². The average molecular weight is 453 g/mol. The maximum absolute atomic E-state index is 9.08. The minimum absolute atomic E-state index is 0.222. The highest BCUT2D eigenvalue weighted by Crippen LogP contribution is 2.31. The monoisotopic (exact) mass is 452 g/mol. The summed E-state index contributed by atoms with van der Waals surface area (Å²) in [7, 11) is 0. The largest absolute Gasteiger partial charge is 0.488 e. The van der Waals surface area contributed by atoms with Gasteiger partial charge in [-0.2, -0.15) is 0 Å². The minimum atomic E-state index is -0.266. The number of hydrogen-bond acceptors (Lipinski definition) is 4. The Kier molecular flexibility index (Phi) is 8.81. The molecule has 5 heteroatoms. The van der Waals surface area contributed by atoms with Crippen LogP contribution in [0.15, 0.2) is 48.7 Å². The minimum Gasteiger partial charge on any atom is -0.488 e. The number of aliphatic hydroxyl groups excluding tert-OH is 1. The van der Waals surface area contributed by atoms with Gasteiger partial charge in [0.05, 0.1) is 0 Å². The number of nitrogens with one attached hydrogen (secondary N) is 1. The van der Waals surface area contributed by atoms with E-state index < -0.39 is 0 Å². The third-order valence-corrected chi connectivity index (χ3v) is 5.62. The van der Waals surface area contributed by atoms with Gasteiger partial charge in [0, 0.05) is 37.5 Å². The number of fused-ring (bicyclic) bond motifs is 1. The van der Waals surface area contributed by atoms with Crippen LogP contribution in [0.5, 0.6) is 11.5 Å². The van der Waals surface area contributed by atoms with Gasteiger partial charge >= 0.3 is 0 Å². The summed E-state index contributed by atoms with van der Waals surface area (Å²) in [5.41, 5.74) is 3.52. The van der Waals surface area contributed by atoms with Crippen molar-refractivity contribution in [3.63, 3.8) is 0 Å². The van der Waals surface area contributed by atoms with Gasteiger partial charge in [-0.1, -0.05) is 19.1 Å². The fourth-order valence-electron chi connectivity index (χ4n) is 4.01. The molecule has 1 heterocycles. The summed E-state index contributed by atoms with van der Waals surface area (Å²) in [6.07, 6.45) is 4.81. The smallest absolute Gasteiger partial charge is 0.162 e. The average Bonchev–Trinajstić information content (AvgIpc) is 3.17. The van der Waals surface area contributed by atoms with Gasteiger partial charge in [-0.05, 0) is 93.8 Å². The maximum atomic E-state index is 9.08. The molecule has 3 aromatic rings. The summed E-state index contributed by atoms with van der Waals surface area (Å²) in [6, 6.07) is 15.4. The lowest BCUT2D eigenvalue weighted by molar-refractivity contribution is 0.123. The molecule has 5 nitrogen and oxygen atoms in total. The highest BCUT2D eigenvalue weighted by Gasteiger charge is 2.16. The van der Waals surface area contributed by atoms with Crippen molar-refractivity contribution in [2.75, 3.05) is 19.8 Å². The number of ether oxygens (including phenoxy) is 2. The molecule has 0 aliphatic rings. The molecule has 0 fully saturated rings. The zero-order valence-electron chi connectivity index (χ0n) is 20.9. The van der Waals surface area contributed by atoms with Crippen LogP contribution in [0.4, 0.5) is 0 Å². The molecule has 0 spiro atoms. The fourth-order valence-corrected chi connectivity index (χ4v) is 4.01. The Bertz CT molecular complexity index is 1020. The zero-order chi connectivity index (χ0) is 23.8. The molecule has 1 atom stereocenters. The van der Waals surface area contributed by atoms with Gasteiger partial charge in [-0.3, -0.25) is 0 Å². The van der Waals surface area contributed by atoms with E-state index in [0.717, 1.165) is 43.9 Å². The molecule has 0 saturated heterocycles. The summed E-state index contributed by atoms with van der Waals surface area (Å²) in [5, 5.41) is 13.9. The van der Waals surface area contributed by atoms with E-state index in [-0.39, 0.29) is 12.2 Å². The van der Waals surface area contributed by atoms with E-state index in [2.05, 4.69) is 87.1 Å². The van der Waals surface area contributed by atoms with Crippen molar-refractivity contribution in [3.05, 3.63) is 59.8 Å². The van der Waals surface area contributed by atoms with Gasteiger partial charge in [0.2, 0.25) is 0 Å². The van der Waals surface area contributed by atoms with Crippen LogP contribution in [-0.4, -0.2) is 41.1 Å². The Morgan fingerprint density at radius 2 is 1.82 bits per heavy atom. The molecule has 1 aromatic heterocycles. The van der Waals surface area contributed by atoms with Crippen molar-refractivity contribution in [1.29, 1.82) is 0 Å². The summed E-state index contributed by atoms with van der Waals surface area (Å²) < 4.78 is 14.4. The number of benzene rings is 2. The van der Waals surface area contributed by atoms with E-state index in [1.807, 2.05) is 6.07 Å². The van der Waals surface area contributed by atoms with Gasteiger partial charge in [0.25, 0.3) is 0 Å². The molecule has 2 N–H and O–H groups in total. The molecule has 33 heavy (non-hydrogen) atoms. The van der Waals surface area contributed by atoms with Crippen molar-refractivity contribution in [2.24, 2.45) is 0 Å². The van der Waals surface area contributed by atoms with E-state index >= 15 is 0 Å². The highest BCUT2D eigenvalue weighted by atomic mass is 16.5. The van der Waals surface area contributed by atoms with E-state index in [0.29, 0.717) is 12.6 Å². The molecule has 180 valence electrons. The Morgan fingerprint density at radius 3 is 2.55 bits per heavy atom. The Hall–Kier alpha value is -2.50. The van der Waals surface area contributed by atoms with E-state index in [4.69, 9.17) is 14.6 Å². The Labute approximate surface area is 198 Å². The van der Waals surface area contributed by atoms with Crippen LogP contribution in [0.25, 0.3) is 10.9 Å². The number of aryl methyl sites for hydroxylation is 2. The third-order valence-electron chi connectivity index (χ3n) is 5.62. The molecule has 0 aliphatic heterocycles. The first-order chi connectivity index (χ1) is 15.8. The van der Waals surface area contributed by atoms with Gasteiger partial charge < -0.3 is 24.5 Å². The summed E-state index contributed by atoms with van der Waals surface area (Å²) in [6.45, 7) is 12.9. The lowest BCUT2D eigenvalue weighted by atomic mass is 10.1. The van der Waals surface area contributed by atoms with Crippen LogP contribution >= 0.6 is 0 Å². The van der Waals surface area contributed by atoms with Crippen LogP contribution in [0, 0.1) is 0 Å². The SMILES string of the molecule is CCc1ccc(OCCN[C@H](C)Cc2ccc3c(ccn3CCCO)c2)c(OC(C)(C)C)c1. The molecule has 0 aliphatic carbocycles. The van der Waals surface area contributed by atoms with Crippen molar-refractivity contribution >= 4 is 10.9 Å². The van der Waals surface area contributed by atoms with Crippen molar-refractivity contribution in [3.8, 4) is 11.5 Å². The molecule has 0 amide bonds. The maximum Gasteiger partial charge on any atom is 0.162 e. The van der Waals surface area contributed by atoms with Gasteiger partial charge in [0.1, 0.15) is 12.2 Å². The van der Waals surface area contributed by atoms with E-state index in [1.54, 1.807) is 0 Å². The van der Waals surface area contributed by atoms with Crippen LogP contribution in [0.2, 0.25) is 0 Å². The summed E-state index contributed by atoms with van der Waals surface area (Å²) in [5.74, 6) is 1.61. The second-order valence-electron chi connectivity index (χ2n) is 9.74. The van der Waals surface area contributed by atoms with Gasteiger partial charge in [0.15, 0.2) is 11.5 Å². The van der Waals surface area contributed by atoms with E-state index in [9.17, 15) is 0 Å². The Balaban J connectivity index is 1.50. The van der Waals surface area contributed by atoms with Crippen molar-refractivity contribution < 1.29 is 14.6 Å². The molecular formula is C28H40N2O3. The summed E-state index contributed by atoms with van der Waals surface area (Å²) >= 11 is 0. The predicted octanol–water partition coefficient (Wildman–Crippen LogP) is 5.36. The topological polar surface area (TPSA) is 55.7 Å². The first-order valence-electron chi connectivity index (χ1n) is 12.2. The fraction of sp³-hybridized carbons (Fsp3) is 0.500. The first kappa shape index (κ1) is 25.1. The number of aromatic nitrogens is 1. The molecule has 0 unspecified atom stereocenters. The molecule has 0 bridgehead atoms. The van der Waals surface area contributed by atoms with Crippen molar-refractivity contribution in [1.82, 2.24) is 9.88 Å².